The number of pyridine rings is 1. The Balaban J connectivity index is 1.72. The number of nitrogens with one attached hydrogen (secondary N) is 1. The van der Waals surface area contributed by atoms with E-state index in [1.807, 2.05) is 43.3 Å². The van der Waals surface area contributed by atoms with Gasteiger partial charge in [0.15, 0.2) is 0 Å². The Morgan fingerprint density at radius 2 is 1.68 bits per heavy atom. The number of nitrogens with zero attached hydrogens (tertiary/aromatic N) is 1. The Hall–Kier alpha value is -3.44. The van der Waals surface area contributed by atoms with Crippen LogP contribution in [0.2, 0.25) is 5.02 Å². The molecule has 3 aromatic carbocycles. The first-order valence-corrected chi connectivity index (χ1v) is 10.2. The standard InChI is InChI=1S/C25H20ClFN2O2/c1-16-6-7-18-13-20(24(30)28-23(18)12-16)15-29(14-19-4-2-3-5-22(19)26)25(31)17-8-10-21(27)11-9-17/h2-13H,14-15H2,1H3,(H,28,30). The molecular weight excluding hydrogens is 415 g/mol. The van der Waals surface area contributed by atoms with E-state index in [9.17, 15) is 14.0 Å². The first-order valence-electron chi connectivity index (χ1n) is 9.81. The van der Waals surface area contributed by atoms with Gasteiger partial charge in [0.2, 0.25) is 0 Å². The molecule has 4 nitrogen and oxygen atoms in total. The predicted molar refractivity (Wildman–Crippen MR) is 121 cm³/mol. The molecule has 0 radical (unpaired) electrons. The third kappa shape index (κ3) is 4.67. The first-order chi connectivity index (χ1) is 14.9. The Morgan fingerprint density at radius 1 is 0.968 bits per heavy atom. The molecule has 0 aliphatic carbocycles. The van der Waals surface area contributed by atoms with Crippen molar-refractivity contribution in [2.45, 2.75) is 20.0 Å². The van der Waals surface area contributed by atoms with E-state index in [4.69, 9.17) is 11.6 Å². The van der Waals surface area contributed by atoms with Crippen molar-refractivity contribution >= 4 is 28.4 Å². The Kier molecular flexibility index (Phi) is 5.87. The van der Waals surface area contributed by atoms with E-state index < -0.39 is 5.82 Å². The fourth-order valence-corrected chi connectivity index (χ4v) is 3.69. The minimum atomic E-state index is -0.421. The summed E-state index contributed by atoms with van der Waals surface area (Å²) in [5.74, 6) is -0.737. The Bertz CT molecular complexity index is 1320. The first kappa shape index (κ1) is 20.8. The van der Waals surface area contributed by atoms with Gasteiger partial charge in [0.1, 0.15) is 5.82 Å². The van der Waals surface area contributed by atoms with E-state index in [1.54, 1.807) is 17.0 Å². The molecule has 0 saturated heterocycles. The molecule has 4 rings (SSSR count). The van der Waals surface area contributed by atoms with E-state index in [0.29, 0.717) is 16.1 Å². The van der Waals surface area contributed by atoms with Crippen molar-refractivity contribution in [1.29, 1.82) is 0 Å². The molecule has 0 atom stereocenters. The van der Waals surface area contributed by atoms with Crippen LogP contribution in [-0.4, -0.2) is 15.8 Å². The molecule has 0 fully saturated rings. The molecule has 1 N–H and O–H groups in total. The van der Waals surface area contributed by atoms with Gasteiger partial charge >= 0.3 is 0 Å². The van der Waals surface area contributed by atoms with E-state index in [1.165, 1.54) is 24.3 Å². The Morgan fingerprint density at radius 3 is 2.42 bits per heavy atom. The van der Waals surface area contributed by atoms with Crippen molar-refractivity contribution in [1.82, 2.24) is 9.88 Å². The molecule has 1 heterocycles. The molecule has 0 aliphatic heterocycles. The number of benzene rings is 3. The van der Waals surface area contributed by atoms with E-state index in [2.05, 4.69) is 4.98 Å². The highest BCUT2D eigenvalue weighted by Gasteiger charge is 2.19. The highest BCUT2D eigenvalue weighted by Crippen LogP contribution is 2.21. The number of halogens is 2. The summed E-state index contributed by atoms with van der Waals surface area (Å²) in [6, 6.07) is 20.2. The molecular formula is C25H20ClFN2O2. The summed E-state index contributed by atoms with van der Waals surface area (Å²) in [5, 5.41) is 1.41. The maximum absolute atomic E-state index is 13.3. The number of H-pyrrole nitrogens is 1. The van der Waals surface area contributed by atoms with Gasteiger partial charge in [-0.05, 0) is 65.9 Å². The van der Waals surface area contributed by atoms with Gasteiger partial charge in [-0.25, -0.2) is 4.39 Å². The zero-order chi connectivity index (χ0) is 22.0. The molecule has 31 heavy (non-hydrogen) atoms. The summed E-state index contributed by atoms with van der Waals surface area (Å²) in [7, 11) is 0. The monoisotopic (exact) mass is 434 g/mol. The van der Waals surface area contributed by atoms with Crippen LogP contribution in [0.5, 0.6) is 0 Å². The van der Waals surface area contributed by atoms with E-state index >= 15 is 0 Å². The van der Waals surface area contributed by atoms with Gasteiger partial charge < -0.3 is 9.88 Å². The zero-order valence-electron chi connectivity index (χ0n) is 16.9. The summed E-state index contributed by atoms with van der Waals surface area (Å²) >= 11 is 6.31. The summed E-state index contributed by atoms with van der Waals surface area (Å²) in [5.41, 5.74) is 3.08. The average molecular weight is 435 g/mol. The smallest absolute Gasteiger partial charge is 0.254 e. The fourth-order valence-electron chi connectivity index (χ4n) is 3.49. The number of amides is 1. The van der Waals surface area contributed by atoms with Crippen molar-refractivity contribution in [2.24, 2.45) is 0 Å². The summed E-state index contributed by atoms with van der Waals surface area (Å²) in [6.07, 6.45) is 0. The topological polar surface area (TPSA) is 53.2 Å². The number of hydrogen-bond donors (Lipinski definition) is 1. The van der Waals surface area contributed by atoms with Crippen LogP contribution in [0, 0.1) is 12.7 Å². The van der Waals surface area contributed by atoms with Crippen molar-refractivity contribution in [2.75, 3.05) is 0 Å². The number of aromatic nitrogens is 1. The van der Waals surface area contributed by atoms with Crippen LogP contribution in [0.3, 0.4) is 0 Å². The third-order valence-corrected chi connectivity index (χ3v) is 5.51. The van der Waals surface area contributed by atoms with Gasteiger partial charge in [-0.1, -0.05) is 41.9 Å². The van der Waals surface area contributed by atoms with Gasteiger partial charge in [0.05, 0.1) is 6.54 Å². The molecule has 0 aliphatic rings. The quantitative estimate of drug-likeness (QED) is 0.452. The third-order valence-electron chi connectivity index (χ3n) is 5.14. The molecule has 0 bridgehead atoms. The highest BCUT2D eigenvalue weighted by atomic mass is 35.5. The summed E-state index contributed by atoms with van der Waals surface area (Å²) in [4.78, 5) is 30.4. The van der Waals surface area contributed by atoms with Crippen molar-refractivity contribution in [3.05, 3.63) is 116 Å². The molecule has 1 aromatic heterocycles. The number of carbonyl (C=O) groups excluding carboxylic acids is 1. The highest BCUT2D eigenvalue weighted by molar-refractivity contribution is 6.31. The van der Waals surface area contributed by atoms with Crippen LogP contribution >= 0.6 is 11.6 Å². The van der Waals surface area contributed by atoms with Crippen LogP contribution in [-0.2, 0) is 13.1 Å². The SMILES string of the molecule is Cc1ccc2cc(CN(Cc3ccccc3Cl)C(=O)c3ccc(F)cc3)c(=O)[nH]c2c1. The van der Waals surface area contributed by atoms with Gasteiger partial charge in [0, 0.05) is 28.2 Å². The van der Waals surface area contributed by atoms with Gasteiger partial charge in [0.25, 0.3) is 11.5 Å². The molecule has 4 aromatic rings. The summed E-state index contributed by atoms with van der Waals surface area (Å²) < 4.78 is 13.3. The second-order valence-corrected chi connectivity index (χ2v) is 7.88. The lowest BCUT2D eigenvalue weighted by molar-refractivity contribution is 0.0729. The maximum Gasteiger partial charge on any atom is 0.254 e. The lowest BCUT2D eigenvalue weighted by atomic mass is 10.1. The molecule has 156 valence electrons. The molecule has 0 spiro atoms. The zero-order valence-corrected chi connectivity index (χ0v) is 17.6. The maximum atomic E-state index is 13.3. The van der Waals surface area contributed by atoms with E-state index in [0.717, 1.165) is 22.0 Å². The Labute approximate surface area is 183 Å². The number of hydrogen-bond acceptors (Lipinski definition) is 2. The van der Waals surface area contributed by atoms with Gasteiger partial charge in [-0.3, -0.25) is 9.59 Å². The van der Waals surface area contributed by atoms with Crippen LogP contribution in [0.1, 0.15) is 27.0 Å². The number of rotatable bonds is 5. The van der Waals surface area contributed by atoms with Crippen molar-refractivity contribution in [3.63, 3.8) is 0 Å². The number of aromatic amines is 1. The van der Waals surface area contributed by atoms with E-state index in [-0.39, 0.29) is 24.6 Å². The lowest BCUT2D eigenvalue weighted by Crippen LogP contribution is -2.32. The predicted octanol–water partition coefficient (Wildman–Crippen LogP) is 5.47. The van der Waals surface area contributed by atoms with Crippen LogP contribution in [0.15, 0.2) is 77.6 Å². The largest absolute Gasteiger partial charge is 0.330 e. The van der Waals surface area contributed by atoms with Crippen LogP contribution < -0.4 is 5.56 Å². The fraction of sp³-hybridized carbons (Fsp3) is 0.120. The second kappa shape index (κ2) is 8.74. The second-order valence-electron chi connectivity index (χ2n) is 7.47. The van der Waals surface area contributed by atoms with Crippen LogP contribution in [0.4, 0.5) is 4.39 Å². The molecule has 6 heteroatoms. The number of carbonyl (C=O) groups is 1. The van der Waals surface area contributed by atoms with Crippen molar-refractivity contribution in [3.8, 4) is 0 Å². The average Bonchev–Trinajstić information content (AvgIpc) is 2.75. The molecule has 0 unspecified atom stereocenters. The normalized spacial score (nSPS) is 10.9. The minimum Gasteiger partial charge on any atom is -0.330 e. The van der Waals surface area contributed by atoms with Gasteiger partial charge in [-0.2, -0.15) is 0 Å². The molecule has 1 amide bonds. The minimum absolute atomic E-state index is 0.0839. The molecule has 0 saturated carbocycles. The lowest BCUT2D eigenvalue weighted by Gasteiger charge is -2.23. The van der Waals surface area contributed by atoms with Gasteiger partial charge in [-0.15, -0.1) is 0 Å². The number of aryl methyl sites for hydroxylation is 1. The summed E-state index contributed by atoms with van der Waals surface area (Å²) in [6.45, 7) is 2.25. The van der Waals surface area contributed by atoms with Crippen LogP contribution in [0.25, 0.3) is 10.9 Å². The number of fused-ring (bicyclic) bond motifs is 1. The van der Waals surface area contributed by atoms with Crippen molar-refractivity contribution < 1.29 is 9.18 Å².